The third-order valence-electron chi connectivity index (χ3n) is 1.64. The molecule has 1 aliphatic heterocycles. The molecule has 5 heteroatoms. The van der Waals surface area contributed by atoms with E-state index in [4.69, 9.17) is 4.18 Å². The Hall–Kier alpha value is 0.510. The first-order valence-electron chi connectivity index (χ1n) is 3.52. The van der Waals surface area contributed by atoms with Crippen LogP contribution in [0, 0.1) is 0 Å². The number of amides is 1. The molecule has 1 amide bonds. The van der Waals surface area contributed by atoms with Gasteiger partial charge in [-0.2, -0.15) is 0 Å². The summed E-state index contributed by atoms with van der Waals surface area (Å²) in [6.45, 7) is 0.624. The molecule has 0 aromatic rings. The fraction of sp³-hybridized carbons (Fsp3) is 0.833. The molecule has 11 heavy (non-hydrogen) atoms. The minimum atomic E-state index is 0.156. The summed E-state index contributed by atoms with van der Waals surface area (Å²) in [5.41, 5.74) is 0. The van der Waals surface area contributed by atoms with Gasteiger partial charge in [0.1, 0.15) is 0 Å². The van der Waals surface area contributed by atoms with E-state index in [1.54, 1.807) is 0 Å². The zero-order chi connectivity index (χ0) is 8.10. The molecule has 1 atom stereocenters. The first kappa shape index (κ1) is 9.60. The van der Waals surface area contributed by atoms with Crippen LogP contribution in [0.5, 0.6) is 0 Å². The number of nitrogens with one attached hydrogen (secondary N) is 1. The number of carbonyl (C=O) groups excluding carboxylic acids is 1. The van der Waals surface area contributed by atoms with Crippen LogP contribution in [0.25, 0.3) is 0 Å². The Morgan fingerprint density at radius 2 is 2.64 bits per heavy atom. The van der Waals surface area contributed by atoms with Crippen molar-refractivity contribution in [2.24, 2.45) is 0 Å². The van der Waals surface area contributed by atoms with E-state index in [1.165, 1.54) is 9.21 Å². The summed E-state index contributed by atoms with van der Waals surface area (Å²) < 4.78 is 5.11. The second kappa shape index (κ2) is 5.21. The van der Waals surface area contributed by atoms with Gasteiger partial charge < -0.3 is 9.50 Å². The van der Waals surface area contributed by atoms with E-state index >= 15 is 0 Å². The molecule has 0 aromatic heterocycles. The molecule has 1 aliphatic rings. The number of rotatable bonds is 3. The van der Waals surface area contributed by atoms with Crippen molar-refractivity contribution in [3.05, 3.63) is 0 Å². The van der Waals surface area contributed by atoms with Crippen LogP contribution in [-0.2, 0) is 8.98 Å². The summed E-state index contributed by atoms with van der Waals surface area (Å²) in [5.74, 6) is 0.156. The van der Waals surface area contributed by atoms with Crippen molar-refractivity contribution in [2.75, 3.05) is 6.61 Å². The van der Waals surface area contributed by atoms with Crippen molar-refractivity contribution in [3.63, 3.8) is 0 Å². The van der Waals surface area contributed by atoms with Crippen LogP contribution in [0.4, 0.5) is 0 Å². The molecule has 1 unspecified atom stereocenters. The SMILES string of the molecule is O=C1CCCC(COSI)N1. The van der Waals surface area contributed by atoms with E-state index in [9.17, 15) is 4.79 Å². The Labute approximate surface area is 82.4 Å². The van der Waals surface area contributed by atoms with Gasteiger partial charge in [-0.05, 0) is 12.8 Å². The van der Waals surface area contributed by atoms with Gasteiger partial charge in [0.15, 0.2) is 0 Å². The van der Waals surface area contributed by atoms with E-state index in [1.807, 2.05) is 0 Å². The topological polar surface area (TPSA) is 38.3 Å². The molecule has 1 fully saturated rings. The monoisotopic (exact) mass is 287 g/mol. The Morgan fingerprint density at radius 3 is 3.27 bits per heavy atom. The van der Waals surface area contributed by atoms with Crippen molar-refractivity contribution >= 4 is 36.3 Å². The van der Waals surface area contributed by atoms with Crippen LogP contribution in [0.3, 0.4) is 0 Å². The van der Waals surface area contributed by atoms with Crippen LogP contribution in [-0.4, -0.2) is 18.6 Å². The van der Waals surface area contributed by atoms with E-state index in [0.29, 0.717) is 13.0 Å². The maximum atomic E-state index is 10.9. The van der Waals surface area contributed by atoms with Gasteiger partial charge in [-0.25, -0.2) is 0 Å². The third-order valence-corrected chi connectivity index (χ3v) is 2.62. The van der Waals surface area contributed by atoms with Gasteiger partial charge in [0.25, 0.3) is 0 Å². The summed E-state index contributed by atoms with van der Waals surface area (Å²) in [7, 11) is 1.32. The predicted molar refractivity (Wildman–Crippen MR) is 53.3 cm³/mol. The predicted octanol–water partition coefficient (Wildman–Crippen LogP) is 1.67. The second-order valence-corrected chi connectivity index (χ2v) is 3.94. The summed E-state index contributed by atoms with van der Waals surface area (Å²) in [4.78, 5) is 10.9. The first-order chi connectivity index (χ1) is 5.33. The molecular formula is C6H10INO2S. The highest BCUT2D eigenvalue weighted by Crippen LogP contribution is 2.15. The lowest BCUT2D eigenvalue weighted by atomic mass is 10.1. The van der Waals surface area contributed by atoms with Crippen LogP contribution < -0.4 is 5.32 Å². The molecule has 0 radical (unpaired) electrons. The molecule has 0 spiro atoms. The molecular weight excluding hydrogens is 277 g/mol. The van der Waals surface area contributed by atoms with Gasteiger partial charge in [0, 0.05) is 27.6 Å². The fourth-order valence-corrected chi connectivity index (χ4v) is 1.77. The molecule has 3 nitrogen and oxygen atoms in total. The Bertz CT molecular complexity index is 145. The molecule has 0 saturated carbocycles. The van der Waals surface area contributed by atoms with Crippen molar-refractivity contribution < 1.29 is 8.98 Å². The van der Waals surface area contributed by atoms with Gasteiger partial charge >= 0.3 is 0 Å². The highest BCUT2D eigenvalue weighted by molar-refractivity contribution is 14.2. The fourth-order valence-electron chi connectivity index (χ4n) is 1.11. The normalized spacial score (nSPS) is 24.8. The summed E-state index contributed by atoms with van der Waals surface area (Å²) >= 11 is 2.07. The van der Waals surface area contributed by atoms with Crippen LogP contribution in [0.1, 0.15) is 19.3 Å². The number of carbonyl (C=O) groups is 1. The summed E-state index contributed by atoms with van der Waals surface area (Å²) in [6, 6.07) is 0.235. The Morgan fingerprint density at radius 1 is 1.82 bits per heavy atom. The molecule has 1 N–H and O–H groups in total. The first-order valence-corrected chi connectivity index (χ1v) is 6.81. The Balaban J connectivity index is 2.17. The second-order valence-electron chi connectivity index (χ2n) is 2.50. The number of hydrogen-bond donors (Lipinski definition) is 1. The maximum Gasteiger partial charge on any atom is 0.220 e. The minimum Gasteiger partial charge on any atom is -0.351 e. The van der Waals surface area contributed by atoms with Crippen molar-refractivity contribution in [2.45, 2.75) is 25.3 Å². The maximum absolute atomic E-state index is 10.9. The van der Waals surface area contributed by atoms with Crippen LogP contribution in [0.2, 0.25) is 0 Å². The zero-order valence-electron chi connectivity index (χ0n) is 6.01. The van der Waals surface area contributed by atoms with Crippen molar-refractivity contribution in [1.29, 1.82) is 0 Å². The van der Waals surface area contributed by atoms with E-state index < -0.39 is 0 Å². The van der Waals surface area contributed by atoms with E-state index in [2.05, 4.69) is 26.5 Å². The van der Waals surface area contributed by atoms with Crippen molar-refractivity contribution in [1.82, 2.24) is 5.32 Å². The van der Waals surface area contributed by atoms with Crippen LogP contribution >= 0.6 is 30.4 Å². The van der Waals surface area contributed by atoms with Crippen molar-refractivity contribution in [3.8, 4) is 0 Å². The lowest BCUT2D eigenvalue weighted by molar-refractivity contribution is -0.123. The highest BCUT2D eigenvalue weighted by atomic mass is 127. The average molecular weight is 287 g/mol. The number of hydrogen-bond acceptors (Lipinski definition) is 3. The third kappa shape index (κ3) is 3.62. The molecule has 64 valence electrons. The zero-order valence-corrected chi connectivity index (χ0v) is 8.98. The highest BCUT2D eigenvalue weighted by Gasteiger charge is 2.17. The largest absolute Gasteiger partial charge is 0.351 e. The lowest BCUT2D eigenvalue weighted by Crippen LogP contribution is -2.41. The smallest absolute Gasteiger partial charge is 0.220 e. The summed E-state index contributed by atoms with van der Waals surface area (Å²) in [6.07, 6.45) is 2.71. The van der Waals surface area contributed by atoms with E-state index in [0.717, 1.165) is 12.8 Å². The van der Waals surface area contributed by atoms with Gasteiger partial charge in [0.05, 0.1) is 21.9 Å². The number of halogens is 1. The van der Waals surface area contributed by atoms with Gasteiger partial charge in [-0.3, -0.25) is 4.79 Å². The average Bonchev–Trinajstić information content (AvgIpc) is 2.01. The minimum absolute atomic E-state index is 0.156. The summed E-state index contributed by atoms with van der Waals surface area (Å²) in [5, 5.41) is 2.87. The number of piperidine rings is 1. The quantitative estimate of drug-likeness (QED) is 0.634. The molecule has 1 saturated heterocycles. The van der Waals surface area contributed by atoms with Gasteiger partial charge in [-0.1, -0.05) is 0 Å². The van der Waals surface area contributed by atoms with E-state index in [-0.39, 0.29) is 11.9 Å². The van der Waals surface area contributed by atoms with Crippen LogP contribution in [0.15, 0.2) is 0 Å². The van der Waals surface area contributed by atoms with Gasteiger partial charge in [-0.15, -0.1) is 0 Å². The standard InChI is InChI=1S/C6H10INO2S/c7-11-10-4-5-2-1-3-6(9)8-5/h5H,1-4H2,(H,8,9). The Kier molecular flexibility index (Phi) is 4.54. The molecule has 0 aromatic carbocycles. The lowest BCUT2D eigenvalue weighted by Gasteiger charge is -2.21. The molecule has 0 bridgehead atoms. The molecule has 1 rings (SSSR count). The molecule has 1 heterocycles. The molecule has 0 aliphatic carbocycles. The van der Waals surface area contributed by atoms with Gasteiger partial charge in [0.2, 0.25) is 5.91 Å².